The number of Topliss-reactive ketones (excluding diaryl/α,β-unsaturated/α-hetero) is 1. The topological polar surface area (TPSA) is 33.2 Å². The van der Waals surface area contributed by atoms with Gasteiger partial charge in [0.1, 0.15) is 5.82 Å². The zero-order valence-electron chi connectivity index (χ0n) is 15.1. The lowest BCUT2D eigenvalue weighted by Gasteiger charge is -2.37. The van der Waals surface area contributed by atoms with E-state index in [1.54, 1.807) is 24.5 Å². The molecule has 0 amide bonds. The van der Waals surface area contributed by atoms with Gasteiger partial charge in [-0.05, 0) is 48.6 Å². The molecule has 1 saturated carbocycles. The molecular formula is C22H23FN2OS. The summed E-state index contributed by atoms with van der Waals surface area (Å²) in [6.07, 6.45) is 8.33. The van der Waals surface area contributed by atoms with Gasteiger partial charge in [0.05, 0.1) is 6.04 Å². The first-order valence-corrected chi connectivity index (χ1v) is 9.96. The summed E-state index contributed by atoms with van der Waals surface area (Å²) in [5.41, 5.74) is 2.72. The summed E-state index contributed by atoms with van der Waals surface area (Å²) in [6, 6.07) is 10.1. The van der Waals surface area contributed by atoms with Crippen molar-refractivity contribution in [3.8, 4) is 0 Å². The Kier molecular flexibility index (Phi) is 5.41. The monoisotopic (exact) mass is 382 g/mol. The Balaban J connectivity index is 1.65. The predicted octanol–water partition coefficient (Wildman–Crippen LogP) is 4.33. The molecule has 1 saturated heterocycles. The number of hydrogen-bond donors (Lipinski definition) is 1. The summed E-state index contributed by atoms with van der Waals surface area (Å²) in [7, 11) is 0. The third-order valence-corrected chi connectivity index (χ3v) is 5.97. The van der Waals surface area contributed by atoms with Crippen molar-refractivity contribution in [2.45, 2.75) is 30.6 Å². The van der Waals surface area contributed by atoms with Gasteiger partial charge in [0.25, 0.3) is 0 Å². The maximum atomic E-state index is 14.5. The second-order valence-corrected chi connectivity index (χ2v) is 8.00. The molecule has 2 aromatic rings. The Labute approximate surface area is 164 Å². The first-order valence-electron chi connectivity index (χ1n) is 9.44. The summed E-state index contributed by atoms with van der Waals surface area (Å²) < 4.78 is 14.5. The molecule has 2 fully saturated rings. The van der Waals surface area contributed by atoms with Crippen molar-refractivity contribution < 1.29 is 9.18 Å². The van der Waals surface area contributed by atoms with E-state index in [2.05, 4.69) is 16.0 Å². The molecule has 140 valence electrons. The van der Waals surface area contributed by atoms with Crippen LogP contribution in [0.15, 0.2) is 54.4 Å². The second kappa shape index (κ2) is 7.95. The number of carbonyl (C=O) groups excluding carboxylic acids is 1. The van der Waals surface area contributed by atoms with Gasteiger partial charge in [-0.15, -0.1) is 0 Å². The van der Waals surface area contributed by atoms with Crippen molar-refractivity contribution in [1.82, 2.24) is 9.88 Å². The van der Waals surface area contributed by atoms with Crippen LogP contribution in [0.5, 0.6) is 0 Å². The molecule has 0 radical (unpaired) electrons. The smallest absolute Gasteiger partial charge is 0.157 e. The summed E-state index contributed by atoms with van der Waals surface area (Å²) in [5, 5.41) is 0.145. The Hall–Kier alpha value is -1.98. The van der Waals surface area contributed by atoms with Gasteiger partial charge < -0.3 is 0 Å². The Morgan fingerprint density at radius 3 is 2.63 bits per heavy atom. The van der Waals surface area contributed by atoms with Gasteiger partial charge in [0, 0.05) is 42.2 Å². The molecule has 27 heavy (non-hydrogen) atoms. The van der Waals surface area contributed by atoms with Crippen LogP contribution >= 0.6 is 12.6 Å². The lowest BCUT2D eigenvalue weighted by molar-refractivity contribution is -0.126. The van der Waals surface area contributed by atoms with E-state index in [1.807, 2.05) is 18.2 Å². The quantitative estimate of drug-likeness (QED) is 0.782. The van der Waals surface area contributed by atoms with Crippen LogP contribution in [0.25, 0.3) is 6.08 Å². The molecule has 2 heterocycles. The fourth-order valence-electron chi connectivity index (χ4n) is 3.75. The summed E-state index contributed by atoms with van der Waals surface area (Å²) in [5.74, 6) is -0.0684. The van der Waals surface area contributed by atoms with Crippen LogP contribution in [-0.2, 0) is 4.79 Å². The van der Waals surface area contributed by atoms with Gasteiger partial charge in [0.15, 0.2) is 5.78 Å². The molecule has 0 spiro atoms. The molecule has 1 aromatic heterocycles. The van der Waals surface area contributed by atoms with E-state index in [9.17, 15) is 9.18 Å². The number of benzene rings is 1. The van der Waals surface area contributed by atoms with E-state index in [0.29, 0.717) is 12.1 Å². The number of thiol groups is 1. The van der Waals surface area contributed by atoms with E-state index in [-0.39, 0.29) is 22.8 Å². The lowest BCUT2D eigenvalue weighted by Crippen LogP contribution is -2.42. The molecular weight excluding hydrogens is 359 g/mol. The van der Waals surface area contributed by atoms with E-state index >= 15 is 0 Å². The predicted molar refractivity (Wildman–Crippen MR) is 108 cm³/mol. The number of likely N-dealkylation sites (tertiary alicyclic amines) is 1. The number of halogens is 1. The van der Waals surface area contributed by atoms with Gasteiger partial charge in [-0.25, -0.2) is 4.39 Å². The van der Waals surface area contributed by atoms with Crippen LogP contribution < -0.4 is 0 Å². The molecule has 4 rings (SSSR count). The Morgan fingerprint density at radius 2 is 1.93 bits per heavy atom. The first kappa shape index (κ1) is 18.4. The molecule has 2 unspecified atom stereocenters. The second-order valence-electron chi connectivity index (χ2n) is 7.38. The van der Waals surface area contributed by atoms with Crippen LogP contribution in [0.3, 0.4) is 0 Å². The molecule has 1 aromatic carbocycles. The van der Waals surface area contributed by atoms with E-state index in [4.69, 9.17) is 12.6 Å². The lowest BCUT2D eigenvalue weighted by atomic mass is 9.93. The Bertz CT molecular complexity index is 850. The van der Waals surface area contributed by atoms with Gasteiger partial charge in [-0.2, -0.15) is 12.6 Å². The Morgan fingerprint density at radius 1 is 1.19 bits per heavy atom. The van der Waals surface area contributed by atoms with Gasteiger partial charge >= 0.3 is 0 Å². The van der Waals surface area contributed by atoms with Crippen molar-refractivity contribution in [2.75, 3.05) is 13.1 Å². The molecule has 5 heteroatoms. The van der Waals surface area contributed by atoms with Gasteiger partial charge in [-0.1, -0.05) is 24.3 Å². The first-order chi connectivity index (χ1) is 13.1. The third kappa shape index (κ3) is 4.14. The maximum absolute atomic E-state index is 14.5. The van der Waals surface area contributed by atoms with Crippen molar-refractivity contribution in [1.29, 1.82) is 0 Å². The van der Waals surface area contributed by atoms with E-state index in [1.165, 1.54) is 6.07 Å². The molecule has 0 bridgehead atoms. The highest BCUT2D eigenvalue weighted by atomic mass is 32.1. The van der Waals surface area contributed by atoms with Crippen LogP contribution in [0.4, 0.5) is 4.39 Å². The van der Waals surface area contributed by atoms with Crippen LogP contribution in [0.2, 0.25) is 0 Å². The average Bonchev–Trinajstić information content (AvgIpc) is 3.52. The number of nitrogens with zero attached hydrogens (tertiary/aromatic N) is 2. The van der Waals surface area contributed by atoms with Crippen molar-refractivity contribution in [3.05, 3.63) is 71.3 Å². The molecule has 2 atom stereocenters. The zero-order valence-corrected chi connectivity index (χ0v) is 16.0. The SMILES string of the molecule is O=C(C1CC1)C(c1ccccc1F)N1CCC(S)/C(=C/c2ccncc2)C1. The minimum absolute atomic E-state index is 0.0796. The third-order valence-electron chi connectivity index (χ3n) is 5.38. The number of aromatic nitrogens is 1. The maximum Gasteiger partial charge on any atom is 0.157 e. The van der Waals surface area contributed by atoms with Crippen molar-refractivity contribution >= 4 is 24.5 Å². The van der Waals surface area contributed by atoms with Gasteiger partial charge in [0.2, 0.25) is 0 Å². The van der Waals surface area contributed by atoms with Crippen LogP contribution in [0.1, 0.15) is 36.4 Å². The number of carbonyl (C=O) groups is 1. The number of pyridine rings is 1. The zero-order chi connectivity index (χ0) is 18.8. The number of rotatable bonds is 5. The number of hydrogen-bond acceptors (Lipinski definition) is 4. The molecule has 2 aliphatic rings. The summed E-state index contributed by atoms with van der Waals surface area (Å²) >= 11 is 4.74. The highest BCUT2D eigenvalue weighted by molar-refractivity contribution is 7.81. The van der Waals surface area contributed by atoms with E-state index in [0.717, 1.165) is 36.9 Å². The van der Waals surface area contributed by atoms with Crippen LogP contribution in [-0.4, -0.2) is 34.0 Å². The largest absolute Gasteiger partial charge is 0.297 e. The fraction of sp³-hybridized carbons (Fsp3) is 0.364. The fourth-order valence-corrected chi connectivity index (χ4v) is 4.02. The summed E-state index contributed by atoms with van der Waals surface area (Å²) in [4.78, 5) is 19.2. The van der Waals surface area contributed by atoms with Crippen LogP contribution in [0, 0.1) is 11.7 Å². The average molecular weight is 383 g/mol. The van der Waals surface area contributed by atoms with Gasteiger partial charge in [-0.3, -0.25) is 14.7 Å². The van der Waals surface area contributed by atoms with E-state index < -0.39 is 6.04 Å². The molecule has 1 aliphatic heterocycles. The molecule has 0 N–H and O–H groups in total. The minimum Gasteiger partial charge on any atom is -0.297 e. The minimum atomic E-state index is -0.514. The normalized spacial score (nSPS) is 23.3. The highest BCUT2D eigenvalue weighted by Gasteiger charge is 2.40. The number of piperidine rings is 1. The molecule has 3 nitrogen and oxygen atoms in total. The standard InChI is InChI=1S/C22H23FN2OS/c23-19-4-2-1-3-18(19)21(22(26)16-5-6-16)25-12-9-20(27)17(14-25)13-15-7-10-24-11-8-15/h1-4,7-8,10-11,13,16,20-21,27H,5-6,9,12,14H2/b17-13+. The highest BCUT2D eigenvalue weighted by Crippen LogP contribution is 2.39. The van der Waals surface area contributed by atoms with Crippen molar-refractivity contribution in [2.24, 2.45) is 5.92 Å². The molecule has 1 aliphatic carbocycles. The number of ketones is 1. The van der Waals surface area contributed by atoms with Crippen molar-refractivity contribution in [3.63, 3.8) is 0 Å². The summed E-state index contributed by atoms with van der Waals surface area (Å²) in [6.45, 7) is 1.35.